The van der Waals surface area contributed by atoms with E-state index in [4.69, 9.17) is 5.11 Å². The Bertz CT molecular complexity index is 200. The number of unbranched alkanes of at least 4 members (excludes halogenated alkanes) is 1. The van der Waals surface area contributed by atoms with E-state index >= 15 is 0 Å². The molecule has 14 heavy (non-hydrogen) atoms. The van der Waals surface area contributed by atoms with Gasteiger partial charge in [0.1, 0.15) is 0 Å². The maximum atomic E-state index is 8.78. The number of rotatable bonds is 4. The van der Waals surface area contributed by atoms with Crippen molar-refractivity contribution in [2.45, 2.75) is 32.6 Å². The lowest BCUT2D eigenvalue weighted by Crippen LogP contribution is -2.11. The van der Waals surface area contributed by atoms with Crippen molar-refractivity contribution in [2.24, 2.45) is 0 Å². The third kappa shape index (κ3) is 4.05. The van der Waals surface area contributed by atoms with Crippen LogP contribution >= 0.6 is 10.0 Å². The van der Waals surface area contributed by atoms with E-state index in [9.17, 15) is 0 Å². The SMILES string of the molecule is CC1=CCCS(C)(CCCCO)CC1. The molecule has 1 atom stereocenters. The molecule has 1 heterocycles. The molecule has 0 saturated carbocycles. The fraction of sp³-hybridized carbons (Fsp3) is 0.833. The fourth-order valence-electron chi connectivity index (χ4n) is 1.97. The number of hydrogen-bond acceptors (Lipinski definition) is 1. The molecule has 0 spiro atoms. The first-order valence-corrected chi connectivity index (χ1v) is 8.19. The van der Waals surface area contributed by atoms with E-state index in [1.165, 1.54) is 36.5 Å². The monoisotopic (exact) mass is 216 g/mol. The first-order valence-electron chi connectivity index (χ1n) is 5.64. The maximum Gasteiger partial charge on any atom is 0.0431 e. The number of allylic oxidation sites excluding steroid dienone is 2. The zero-order chi connectivity index (χ0) is 10.4. The molecule has 84 valence electrons. The molecule has 1 unspecified atom stereocenters. The van der Waals surface area contributed by atoms with E-state index in [1.807, 2.05) is 0 Å². The van der Waals surface area contributed by atoms with Gasteiger partial charge in [0.05, 0.1) is 0 Å². The molecule has 0 bridgehead atoms. The summed E-state index contributed by atoms with van der Waals surface area (Å²) in [4.78, 5) is 0. The minimum atomic E-state index is -0.345. The van der Waals surface area contributed by atoms with Gasteiger partial charge in [-0.1, -0.05) is 11.6 Å². The van der Waals surface area contributed by atoms with Crippen molar-refractivity contribution in [1.82, 2.24) is 0 Å². The molecular formula is C12H24OS. The van der Waals surface area contributed by atoms with Crippen molar-refractivity contribution in [2.75, 3.05) is 30.1 Å². The van der Waals surface area contributed by atoms with Crippen LogP contribution in [0.3, 0.4) is 0 Å². The second-order valence-electron chi connectivity index (χ2n) is 4.61. The van der Waals surface area contributed by atoms with Gasteiger partial charge in [-0.3, -0.25) is 0 Å². The predicted octanol–water partition coefficient (Wildman–Crippen LogP) is 2.93. The zero-order valence-corrected chi connectivity index (χ0v) is 10.4. The summed E-state index contributed by atoms with van der Waals surface area (Å²) in [6.07, 6.45) is 9.74. The van der Waals surface area contributed by atoms with Crippen LogP contribution in [0.4, 0.5) is 0 Å². The van der Waals surface area contributed by atoms with Crippen LogP contribution in [0.15, 0.2) is 11.6 Å². The van der Waals surface area contributed by atoms with Gasteiger partial charge >= 0.3 is 0 Å². The lowest BCUT2D eigenvalue weighted by molar-refractivity contribution is 0.287. The third-order valence-electron chi connectivity index (χ3n) is 3.14. The summed E-state index contributed by atoms with van der Waals surface area (Å²) in [5, 5.41) is 8.78. The molecule has 1 aliphatic rings. The highest BCUT2D eigenvalue weighted by Gasteiger charge is 2.18. The minimum absolute atomic E-state index is 0.345. The van der Waals surface area contributed by atoms with E-state index in [-0.39, 0.29) is 10.0 Å². The van der Waals surface area contributed by atoms with Crippen molar-refractivity contribution in [1.29, 1.82) is 0 Å². The van der Waals surface area contributed by atoms with Crippen LogP contribution in [-0.2, 0) is 0 Å². The average Bonchev–Trinajstić information content (AvgIpc) is 2.30. The maximum absolute atomic E-state index is 8.78. The van der Waals surface area contributed by atoms with Crippen LogP contribution in [0.25, 0.3) is 0 Å². The van der Waals surface area contributed by atoms with Gasteiger partial charge in [0.15, 0.2) is 0 Å². The first kappa shape index (κ1) is 12.1. The molecule has 1 N–H and O–H groups in total. The van der Waals surface area contributed by atoms with E-state index in [1.54, 1.807) is 5.57 Å². The normalized spacial score (nSPS) is 32.9. The fourth-order valence-corrected chi connectivity index (χ4v) is 4.98. The molecule has 0 amide bonds. The molecule has 1 rings (SSSR count). The Balaban J connectivity index is 2.34. The summed E-state index contributed by atoms with van der Waals surface area (Å²) < 4.78 is 0. The summed E-state index contributed by atoms with van der Waals surface area (Å²) >= 11 is 0. The van der Waals surface area contributed by atoms with Gasteiger partial charge in [-0.2, -0.15) is 0 Å². The van der Waals surface area contributed by atoms with Crippen LogP contribution < -0.4 is 0 Å². The van der Waals surface area contributed by atoms with E-state index < -0.39 is 0 Å². The standard InChI is InChI=1S/C12H24OS/c1-12-6-5-10-14(2,11-7-12)9-4-3-8-13/h6,13H,3-5,7-11H2,1-2H3. The van der Waals surface area contributed by atoms with Crippen molar-refractivity contribution >= 4 is 10.0 Å². The summed E-state index contributed by atoms with van der Waals surface area (Å²) in [5.41, 5.74) is 1.59. The molecule has 0 aromatic heterocycles. The van der Waals surface area contributed by atoms with Crippen molar-refractivity contribution in [3.63, 3.8) is 0 Å². The Kier molecular flexibility index (Phi) is 5.04. The van der Waals surface area contributed by atoms with Crippen molar-refractivity contribution in [3.05, 3.63) is 11.6 Å². The van der Waals surface area contributed by atoms with Gasteiger partial charge in [0.25, 0.3) is 0 Å². The van der Waals surface area contributed by atoms with Gasteiger partial charge in [-0.25, -0.2) is 10.0 Å². The van der Waals surface area contributed by atoms with E-state index in [2.05, 4.69) is 19.3 Å². The molecule has 0 radical (unpaired) electrons. The lowest BCUT2D eigenvalue weighted by Gasteiger charge is -2.35. The summed E-state index contributed by atoms with van der Waals surface area (Å²) in [7, 11) is -0.345. The smallest absolute Gasteiger partial charge is 0.0431 e. The largest absolute Gasteiger partial charge is 0.396 e. The number of aliphatic hydroxyl groups is 1. The molecule has 1 nitrogen and oxygen atoms in total. The van der Waals surface area contributed by atoms with Crippen molar-refractivity contribution in [3.8, 4) is 0 Å². The van der Waals surface area contributed by atoms with Gasteiger partial charge in [-0.05, 0) is 56.1 Å². The highest BCUT2D eigenvalue weighted by Crippen LogP contribution is 2.48. The third-order valence-corrected chi connectivity index (χ3v) is 6.82. The summed E-state index contributed by atoms with van der Waals surface area (Å²) in [6, 6.07) is 0. The van der Waals surface area contributed by atoms with Gasteiger partial charge in [0, 0.05) is 6.61 Å². The Morgan fingerprint density at radius 3 is 2.86 bits per heavy atom. The van der Waals surface area contributed by atoms with Crippen LogP contribution in [0.1, 0.15) is 32.6 Å². The highest BCUT2D eigenvalue weighted by molar-refractivity contribution is 8.33. The van der Waals surface area contributed by atoms with Gasteiger partial charge in [-0.15, -0.1) is 0 Å². The van der Waals surface area contributed by atoms with E-state index in [0.29, 0.717) is 6.61 Å². The van der Waals surface area contributed by atoms with Crippen molar-refractivity contribution < 1.29 is 5.11 Å². The first-order chi connectivity index (χ1) is 6.66. The molecule has 0 saturated heterocycles. The topological polar surface area (TPSA) is 20.2 Å². The summed E-state index contributed by atoms with van der Waals surface area (Å²) in [6.45, 7) is 2.63. The minimum Gasteiger partial charge on any atom is -0.396 e. The van der Waals surface area contributed by atoms with Crippen LogP contribution in [0.5, 0.6) is 0 Å². The second kappa shape index (κ2) is 5.82. The number of aliphatic hydroxyl groups excluding tert-OH is 1. The molecule has 0 aliphatic carbocycles. The van der Waals surface area contributed by atoms with E-state index in [0.717, 1.165) is 6.42 Å². The average molecular weight is 216 g/mol. The molecule has 1 aliphatic heterocycles. The summed E-state index contributed by atoms with van der Waals surface area (Å²) in [5.74, 6) is 4.20. The van der Waals surface area contributed by atoms with Crippen LogP contribution in [-0.4, -0.2) is 35.2 Å². The lowest BCUT2D eigenvalue weighted by atomic mass is 10.2. The molecule has 0 fully saturated rings. The predicted molar refractivity (Wildman–Crippen MR) is 67.4 cm³/mol. The van der Waals surface area contributed by atoms with Crippen LogP contribution in [0.2, 0.25) is 0 Å². The quantitative estimate of drug-likeness (QED) is 0.566. The Labute approximate surface area is 89.9 Å². The Hall–Kier alpha value is 0.0500. The van der Waals surface area contributed by atoms with Gasteiger partial charge in [0.2, 0.25) is 0 Å². The zero-order valence-electron chi connectivity index (χ0n) is 9.59. The molecule has 0 aromatic carbocycles. The Morgan fingerprint density at radius 1 is 1.36 bits per heavy atom. The molecular weight excluding hydrogens is 192 g/mol. The Morgan fingerprint density at radius 2 is 2.14 bits per heavy atom. The van der Waals surface area contributed by atoms with Gasteiger partial charge < -0.3 is 5.11 Å². The molecule has 0 aromatic rings. The van der Waals surface area contributed by atoms with Crippen LogP contribution in [0, 0.1) is 0 Å². The number of hydrogen-bond donors (Lipinski definition) is 1. The highest BCUT2D eigenvalue weighted by atomic mass is 32.3. The molecule has 2 heteroatoms. The second-order valence-corrected chi connectivity index (χ2v) is 8.79.